The lowest BCUT2D eigenvalue weighted by Gasteiger charge is -2.30. The van der Waals surface area contributed by atoms with E-state index in [0.29, 0.717) is 10.1 Å². The lowest BCUT2D eigenvalue weighted by Crippen LogP contribution is -2.45. The van der Waals surface area contributed by atoms with Crippen LogP contribution in [0.25, 0.3) is 0 Å². The molecule has 0 saturated heterocycles. The molecule has 0 aliphatic heterocycles. The van der Waals surface area contributed by atoms with Gasteiger partial charge in [0.05, 0.1) is 21.1 Å². The normalized spacial score (nSPS) is 13.1. The van der Waals surface area contributed by atoms with Gasteiger partial charge in [0.1, 0.15) is 0 Å². The van der Waals surface area contributed by atoms with Crippen molar-refractivity contribution in [2.24, 2.45) is 0 Å². The van der Waals surface area contributed by atoms with E-state index < -0.39 is 10.4 Å². The average Bonchev–Trinajstić information content (AvgIpc) is 1.98. The van der Waals surface area contributed by atoms with Crippen molar-refractivity contribution in [3.63, 3.8) is 0 Å². The van der Waals surface area contributed by atoms with Crippen molar-refractivity contribution in [2.45, 2.75) is 20.1 Å². The summed E-state index contributed by atoms with van der Waals surface area (Å²) in [5, 5.41) is 0. The largest absolute Gasteiger partial charge is 0.409 e. The molecular weight excluding hydrogens is 250 g/mol. The third-order valence-electron chi connectivity index (χ3n) is 1.72. The predicted octanol–water partition coefficient (Wildman–Crippen LogP) is 0.505. The van der Waals surface area contributed by atoms with Gasteiger partial charge in [-0.2, -0.15) is 8.42 Å². The van der Waals surface area contributed by atoms with Gasteiger partial charge in [-0.15, -0.1) is 0 Å². The quantitative estimate of drug-likeness (QED) is 0.255. The monoisotopic (exact) mass is 270 g/mol. The first kappa shape index (κ1) is 18.4. The zero-order valence-corrected chi connectivity index (χ0v) is 11.5. The third-order valence-corrected chi connectivity index (χ3v) is 1.72. The number of hydrogen-bond acceptors (Lipinski definition) is 4. The topological polar surface area (TPSA) is 101 Å². The number of hydrogen-bond donors (Lipinski definition) is 2. The molecule has 7 nitrogen and oxygen atoms in total. The number of esters is 1. The Bertz CT molecular complexity index is 359. The van der Waals surface area contributed by atoms with E-state index in [1.807, 2.05) is 28.1 Å². The Kier molecular flexibility index (Phi) is 7.25. The third kappa shape index (κ3) is 15.0. The lowest BCUT2D eigenvalue weighted by molar-refractivity contribution is -0.914. The Morgan fingerprint density at radius 2 is 1.59 bits per heavy atom. The molecule has 0 spiro atoms. The number of rotatable bonds is 3. The first-order valence-electron chi connectivity index (χ1n) is 4.62. The summed E-state index contributed by atoms with van der Waals surface area (Å²) in [5.74, 6) is -0.324. The van der Waals surface area contributed by atoms with Crippen molar-refractivity contribution in [1.82, 2.24) is 0 Å². The molecule has 0 rings (SSSR count). The highest BCUT2D eigenvalue weighted by Gasteiger charge is 2.22. The van der Waals surface area contributed by atoms with Gasteiger partial charge >= 0.3 is 16.4 Å². The van der Waals surface area contributed by atoms with Crippen molar-refractivity contribution in [1.29, 1.82) is 0 Å². The molecule has 0 aromatic rings. The standard InChI is InChI=1S/C9H18NO2.H2O4S/c1-7(2)9(11)12-8(3)10(4,5)6;1-5(2,3)4/h8H,1H2,2-6H3;(H2,1,2,3,4)/q+1;. The van der Waals surface area contributed by atoms with Crippen LogP contribution in [0.3, 0.4) is 0 Å². The second kappa shape index (κ2) is 6.70. The van der Waals surface area contributed by atoms with Gasteiger partial charge in [-0.3, -0.25) is 13.6 Å². The van der Waals surface area contributed by atoms with E-state index in [1.165, 1.54) is 0 Å². The fourth-order valence-corrected chi connectivity index (χ4v) is 0.414. The maximum Gasteiger partial charge on any atom is 0.394 e. The Hall–Kier alpha value is -0.960. The molecule has 0 aliphatic rings. The Morgan fingerprint density at radius 1 is 1.29 bits per heavy atom. The van der Waals surface area contributed by atoms with E-state index in [1.54, 1.807) is 6.92 Å². The highest BCUT2D eigenvalue weighted by atomic mass is 32.3. The number of nitrogens with zero attached hydrogens (tertiary/aromatic N) is 1. The van der Waals surface area contributed by atoms with Crippen molar-refractivity contribution in [3.8, 4) is 0 Å². The lowest BCUT2D eigenvalue weighted by atomic mass is 10.3. The van der Waals surface area contributed by atoms with Crippen molar-refractivity contribution < 1.29 is 31.5 Å². The van der Waals surface area contributed by atoms with Crippen LogP contribution in [0.15, 0.2) is 12.2 Å². The van der Waals surface area contributed by atoms with Crippen molar-refractivity contribution >= 4 is 16.4 Å². The summed E-state index contributed by atoms with van der Waals surface area (Å²) in [6, 6.07) is 0. The van der Waals surface area contributed by atoms with E-state index in [9.17, 15) is 4.79 Å². The number of carbonyl (C=O) groups is 1. The summed E-state index contributed by atoms with van der Waals surface area (Å²) < 4.78 is 37.3. The van der Waals surface area contributed by atoms with Gasteiger partial charge in [0.2, 0.25) is 6.23 Å². The summed E-state index contributed by atoms with van der Waals surface area (Å²) in [5.41, 5.74) is 0.440. The molecule has 0 aliphatic carbocycles. The summed E-state index contributed by atoms with van der Waals surface area (Å²) >= 11 is 0. The Labute approximate surface area is 102 Å². The van der Waals surface area contributed by atoms with Crippen LogP contribution in [-0.4, -0.2) is 55.3 Å². The molecule has 17 heavy (non-hydrogen) atoms. The minimum atomic E-state index is -4.67. The summed E-state index contributed by atoms with van der Waals surface area (Å²) in [7, 11) is 1.24. The van der Waals surface area contributed by atoms with Gasteiger partial charge in [0.25, 0.3) is 0 Å². The fourth-order valence-electron chi connectivity index (χ4n) is 0.414. The van der Waals surface area contributed by atoms with Crippen LogP contribution in [0.1, 0.15) is 13.8 Å². The first-order valence-corrected chi connectivity index (χ1v) is 6.02. The first-order chi connectivity index (χ1) is 7.25. The zero-order chi connectivity index (χ0) is 14.4. The maximum absolute atomic E-state index is 11.1. The summed E-state index contributed by atoms with van der Waals surface area (Å²) in [6.45, 7) is 7.01. The molecule has 8 heteroatoms. The van der Waals surface area contributed by atoms with Gasteiger partial charge in [-0.05, 0) is 6.92 Å². The molecule has 0 aromatic heterocycles. The van der Waals surface area contributed by atoms with E-state index in [0.717, 1.165) is 0 Å². The van der Waals surface area contributed by atoms with E-state index in [-0.39, 0.29) is 12.2 Å². The molecule has 2 N–H and O–H groups in total. The number of carbonyl (C=O) groups excluding carboxylic acids is 1. The van der Waals surface area contributed by atoms with Crippen LogP contribution < -0.4 is 0 Å². The van der Waals surface area contributed by atoms with Crippen LogP contribution in [0.2, 0.25) is 0 Å². The predicted molar refractivity (Wildman–Crippen MR) is 62.6 cm³/mol. The summed E-state index contributed by atoms with van der Waals surface area (Å²) in [4.78, 5) is 11.1. The van der Waals surface area contributed by atoms with Crippen LogP contribution in [0, 0.1) is 0 Å². The molecule has 1 atom stereocenters. The molecule has 0 aromatic carbocycles. The molecule has 0 bridgehead atoms. The van der Waals surface area contributed by atoms with Crippen molar-refractivity contribution in [2.75, 3.05) is 21.1 Å². The van der Waals surface area contributed by atoms with Gasteiger partial charge in [-0.25, -0.2) is 4.79 Å². The minimum absolute atomic E-state index is 0.144. The van der Waals surface area contributed by atoms with Crippen molar-refractivity contribution in [3.05, 3.63) is 12.2 Å². The molecular formula is C9H20NO6S+. The maximum atomic E-state index is 11.1. The molecule has 102 valence electrons. The second-order valence-electron chi connectivity index (χ2n) is 4.35. The average molecular weight is 270 g/mol. The van der Waals surface area contributed by atoms with E-state index in [4.69, 9.17) is 22.3 Å². The van der Waals surface area contributed by atoms with Crippen LogP contribution in [-0.2, 0) is 19.9 Å². The molecule has 0 saturated carbocycles. The Morgan fingerprint density at radius 3 is 1.76 bits per heavy atom. The highest BCUT2D eigenvalue weighted by molar-refractivity contribution is 7.79. The van der Waals surface area contributed by atoms with Gasteiger partial charge in [-0.1, -0.05) is 6.58 Å². The van der Waals surface area contributed by atoms with Gasteiger partial charge < -0.3 is 4.74 Å². The highest BCUT2D eigenvalue weighted by Crippen LogP contribution is 2.06. The molecule has 0 fully saturated rings. The van der Waals surface area contributed by atoms with Crippen LogP contribution >= 0.6 is 0 Å². The smallest absolute Gasteiger partial charge is 0.394 e. The molecule has 0 radical (unpaired) electrons. The van der Waals surface area contributed by atoms with Crippen LogP contribution in [0.5, 0.6) is 0 Å². The minimum Gasteiger partial charge on any atom is -0.409 e. The van der Waals surface area contributed by atoms with E-state index in [2.05, 4.69) is 6.58 Å². The molecule has 0 heterocycles. The fraction of sp³-hybridized carbons (Fsp3) is 0.667. The van der Waals surface area contributed by atoms with Gasteiger partial charge in [0.15, 0.2) is 0 Å². The summed E-state index contributed by atoms with van der Waals surface area (Å²) in [6.07, 6.45) is -0.144. The number of ether oxygens (including phenoxy) is 1. The Balaban J connectivity index is 0. The molecule has 1 unspecified atom stereocenters. The van der Waals surface area contributed by atoms with Crippen LogP contribution in [0.4, 0.5) is 0 Å². The number of quaternary nitrogens is 1. The molecule has 0 amide bonds. The van der Waals surface area contributed by atoms with Gasteiger partial charge in [0, 0.05) is 12.5 Å². The second-order valence-corrected chi connectivity index (χ2v) is 5.24. The SMILES string of the molecule is C=C(C)C(=O)OC(C)[N+](C)(C)C.O=S(=O)(O)O. The van der Waals surface area contributed by atoms with E-state index >= 15 is 0 Å². The zero-order valence-electron chi connectivity index (χ0n) is 10.7.